The van der Waals surface area contributed by atoms with Gasteiger partial charge in [-0.05, 0) is 18.6 Å². The van der Waals surface area contributed by atoms with Crippen LogP contribution >= 0.6 is 0 Å². The molecule has 7 nitrogen and oxygen atoms in total. The second kappa shape index (κ2) is 3.95. The van der Waals surface area contributed by atoms with E-state index in [1.54, 1.807) is 6.07 Å². The van der Waals surface area contributed by atoms with Crippen molar-refractivity contribution >= 4 is 5.69 Å². The summed E-state index contributed by atoms with van der Waals surface area (Å²) in [6.07, 6.45) is 1.38. The van der Waals surface area contributed by atoms with E-state index in [1.165, 1.54) is 6.33 Å². The number of nitrogens with one attached hydrogen (secondary N) is 1. The van der Waals surface area contributed by atoms with Crippen LogP contribution in [0.5, 0.6) is 0 Å². The lowest BCUT2D eigenvalue weighted by atomic mass is 10.1. The molecule has 3 N–H and O–H groups in total. The Hall–Kier alpha value is -2.70. The van der Waals surface area contributed by atoms with Crippen LogP contribution in [0.3, 0.4) is 0 Å². The molecular weight excluding hydrogens is 232 g/mol. The summed E-state index contributed by atoms with van der Waals surface area (Å²) in [5, 5.41) is 10.2. The molecule has 0 spiro atoms. The SMILES string of the molecule is Cc1cccc(N)c1-c1nc(-c2ncn[nH]2)no1. The smallest absolute Gasteiger partial charge is 0.260 e. The minimum atomic E-state index is 0.352. The number of nitrogens with zero attached hydrogens (tertiary/aromatic N) is 4. The lowest BCUT2D eigenvalue weighted by molar-refractivity contribution is 0.432. The number of H-pyrrole nitrogens is 1. The Labute approximate surface area is 102 Å². The summed E-state index contributed by atoms with van der Waals surface area (Å²) in [6.45, 7) is 1.93. The Morgan fingerprint density at radius 1 is 1.33 bits per heavy atom. The first-order valence-electron chi connectivity index (χ1n) is 5.30. The van der Waals surface area contributed by atoms with Gasteiger partial charge in [-0.3, -0.25) is 5.10 Å². The summed E-state index contributed by atoms with van der Waals surface area (Å²) in [4.78, 5) is 8.21. The van der Waals surface area contributed by atoms with Gasteiger partial charge in [-0.15, -0.1) is 0 Å². The third-order valence-corrected chi connectivity index (χ3v) is 2.57. The van der Waals surface area contributed by atoms with Gasteiger partial charge >= 0.3 is 0 Å². The fourth-order valence-corrected chi connectivity index (χ4v) is 1.72. The van der Waals surface area contributed by atoms with E-state index in [0.29, 0.717) is 23.2 Å². The Kier molecular flexibility index (Phi) is 2.30. The van der Waals surface area contributed by atoms with Crippen molar-refractivity contribution in [2.75, 3.05) is 5.73 Å². The molecule has 18 heavy (non-hydrogen) atoms. The normalized spacial score (nSPS) is 10.7. The number of rotatable bonds is 2. The van der Waals surface area contributed by atoms with Gasteiger partial charge in [-0.1, -0.05) is 17.3 Å². The lowest BCUT2D eigenvalue weighted by Gasteiger charge is -2.03. The summed E-state index contributed by atoms with van der Waals surface area (Å²) in [7, 11) is 0. The predicted molar refractivity (Wildman–Crippen MR) is 64.3 cm³/mol. The minimum Gasteiger partial charge on any atom is -0.398 e. The number of hydrogen-bond donors (Lipinski definition) is 2. The number of nitrogens with two attached hydrogens (primary N) is 1. The largest absolute Gasteiger partial charge is 0.398 e. The Bertz CT molecular complexity index is 652. The maximum absolute atomic E-state index is 5.92. The van der Waals surface area contributed by atoms with Crippen LogP contribution in [0.2, 0.25) is 0 Å². The standard InChI is InChI=1S/C11H10N6O/c1-6-3-2-4-7(12)8(6)11-15-10(17-18-11)9-13-5-14-16-9/h2-5H,12H2,1H3,(H,13,14,16). The van der Waals surface area contributed by atoms with E-state index in [-0.39, 0.29) is 0 Å². The summed E-state index contributed by atoms with van der Waals surface area (Å²) < 4.78 is 5.21. The lowest BCUT2D eigenvalue weighted by Crippen LogP contribution is -1.93. The topological polar surface area (TPSA) is 107 Å². The number of benzene rings is 1. The van der Waals surface area contributed by atoms with Crippen LogP contribution in [0, 0.1) is 6.92 Å². The molecule has 0 bridgehead atoms. The van der Waals surface area contributed by atoms with Gasteiger partial charge in [0, 0.05) is 5.69 Å². The van der Waals surface area contributed by atoms with Gasteiger partial charge in [0.1, 0.15) is 6.33 Å². The van der Waals surface area contributed by atoms with Crippen LogP contribution in [0.4, 0.5) is 5.69 Å². The molecule has 3 rings (SSSR count). The van der Waals surface area contributed by atoms with E-state index in [4.69, 9.17) is 10.3 Å². The third kappa shape index (κ3) is 1.61. The molecular formula is C11H10N6O. The highest BCUT2D eigenvalue weighted by Gasteiger charge is 2.16. The van der Waals surface area contributed by atoms with Crippen molar-refractivity contribution in [1.29, 1.82) is 0 Å². The predicted octanol–water partition coefficient (Wildman–Crippen LogP) is 1.41. The highest BCUT2D eigenvalue weighted by molar-refractivity contribution is 5.74. The molecule has 1 aromatic carbocycles. The van der Waals surface area contributed by atoms with Crippen molar-refractivity contribution in [2.24, 2.45) is 0 Å². The Morgan fingerprint density at radius 3 is 2.94 bits per heavy atom. The molecule has 0 saturated carbocycles. The number of aryl methyl sites for hydroxylation is 1. The first kappa shape index (κ1) is 10.5. The van der Waals surface area contributed by atoms with Crippen molar-refractivity contribution in [3.8, 4) is 23.1 Å². The van der Waals surface area contributed by atoms with Gasteiger partial charge in [0.2, 0.25) is 5.82 Å². The number of aromatic amines is 1. The molecule has 0 aliphatic carbocycles. The van der Waals surface area contributed by atoms with Gasteiger partial charge in [0.05, 0.1) is 5.56 Å². The molecule has 2 heterocycles. The fraction of sp³-hybridized carbons (Fsp3) is 0.0909. The maximum Gasteiger partial charge on any atom is 0.260 e. The summed E-state index contributed by atoms with van der Waals surface area (Å²) >= 11 is 0. The minimum absolute atomic E-state index is 0.352. The number of hydrogen-bond acceptors (Lipinski definition) is 6. The molecule has 0 unspecified atom stereocenters. The van der Waals surface area contributed by atoms with E-state index in [2.05, 4.69) is 25.3 Å². The zero-order chi connectivity index (χ0) is 12.5. The second-order valence-corrected chi connectivity index (χ2v) is 3.80. The van der Waals surface area contributed by atoms with Crippen molar-refractivity contribution < 1.29 is 4.52 Å². The van der Waals surface area contributed by atoms with Crippen LogP contribution in [0.15, 0.2) is 29.0 Å². The number of nitrogen functional groups attached to an aromatic ring is 1. The van der Waals surface area contributed by atoms with Crippen molar-refractivity contribution in [2.45, 2.75) is 6.92 Å². The quantitative estimate of drug-likeness (QED) is 0.658. The molecule has 0 radical (unpaired) electrons. The molecule has 0 amide bonds. The van der Waals surface area contributed by atoms with E-state index >= 15 is 0 Å². The molecule has 2 aromatic heterocycles. The van der Waals surface area contributed by atoms with Crippen molar-refractivity contribution in [3.05, 3.63) is 30.1 Å². The Morgan fingerprint density at radius 2 is 2.22 bits per heavy atom. The molecule has 7 heteroatoms. The highest BCUT2D eigenvalue weighted by Crippen LogP contribution is 2.28. The van der Waals surface area contributed by atoms with Gasteiger partial charge in [0.25, 0.3) is 5.89 Å². The van der Waals surface area contributed by atoms with Crippen LogP contribution in [-0.4, -0.2) is 25.3 Å². The van der Waals surface area contributed by atoms with E-state index in [0.717, 1.165) is 11.1 Å². The maximum atomic E-state index is 5.92. The third-order valence-electron chi connectivity index (χ3n) is 2.57. The van der Waals surface area contributed by atoms with E-state index in [9.17, 15) is 0 Å². The van der Waals surface area contributed by atoms with Crippen LogP contribution in [0.25, 0.3) is 23.1 Å². The molecule has 0 aliphatic rings. The number of anilines is 1. The molecule has 0 fully saturated rings. The number of aromatic nitrogens is 5. The zero-order valence-corrected chi connectivity index (χ0v) is 9.58. The van der Waals surface area contributed by atoms with Crippen LogP contribution in [-0.2, 0) is 0 Å². The second-order valence-electron chi connectivity index (χ2n) is 3.80. The van der Waals surface area contributed by atoms with Gasteiger partial charge in [0.15, 0.2) is 5.82 Å². The highest BCUT2D eigenvalue weighted by atomic mass is 16.5. The molecule has 0 aliphatic heterocycles. The monoisotopic (exact) mass is 242 g/mol. The van der Waals surface area contributed by atoms with Gasteiger partial charge in [-0.25, -0.2) is 4.98 Å². The summed E-state index contributed by atoms with van der Waals surface area (Å²) in [5.41, 5.74) is 8.24. The van der Waals surface area contributed by atoms with E-state index in [1.807, 2.05) is 19.1 Å². The first-order valence-corrected chi connectivity index (χ1v) is 5.30. The molecule has 90 valence electrons. The Balaban J connectivity index is 2.09. The van der Waals surface area contributed by atoms with Crippen molar-refractivity contribution in [3.63, 3.8) is 0 Å². The van der Waals surface area contributed by atoms with Gasteiger partial charge in [-0.2, -0.15) is 10.1 Å². The molecule has 3 aromatic rings. The fourth-order valence-electron chi connectivity index (χ4n) is 1.72. The summed E-state index contributed by atoms with van der Waals surface area (Å²) in [6, 6.07) is 5.60. The zero-order valence-electron chi connectivity index (χ0n) is 9.58. The van der Waals surface area contributed by atoms with E-state index < -0.39 is 0 Å². The van der Waals surface area contributed by atoms with Crippen LogP contribution in [0.1, 0.15) is 5.56 Å². The first-order chi connectivity index (χ1) is 8.75. The molecule has 0 atom stereocenters. The van der Waals surface area contributed by atoms with Crippen LogP contribution < -0.4 is 5.73 Å². The van der Waals surface area contributed by atoms with Crippen molar-refractivity contribution in [1.82, 2.24) is 25.3 Å². The average molecular weight is 242 g/mol. The van der Waals surface area contributed by atoms with Gasteiger partial charge < -0.3 is 10.3 Å². The summed E-state index contributed by atoms with van der Waals surface area (Å²) in [5.74, 6) is 1.18. The molecule has 0 saturated heterocycles. The average Bonchev–Trinajstić information content (AvgIpc) is 2.99.